The Morgan fingerprint density at radius 1 is 1.30 bits per heavy atom. The molecule has 0 saturated heterocycles. The average Bonchev–Trinajstić information content (AvgIpc) is 2.82. The van der Waals surface area contributed by atoms with Crippen LogP contribution in [-0.2, 0) is 0 Å². The van der Waals surface area contributed by atoms with Gasteiger partial charge in [0.05, 0.1) is 6.61 Å². The summed E-state index contributed by atoms with van der Waals surface area (Å²) in [6.07, 6.45) is 7.17. The maximum atomic E-state index is 9.86. The van der Waals surface area contributed by atoms with Gasteiger partial charge in [0.25, 0.3) is 0 Å². The van der Waals surface area contributed by atoms with Gasteiger partial charge in [0.2, 0.25) is 0 Å². The minimum Gasteiger partial charge on any atom is -0.394 e. The summed E-state index contributed by atoms with van der Waals surface area (Å²) in [7, 11) is 0. The van der Waals surface area contributed by atoms with Gasteiger partial charge in [-0.2, -0.15) is 0 Å². The second-order valence-electron chi connectivity index (χ2n) is 6.98. The number of aliphatic hydroxyl groups is 1. The third-order valence-electron chi connectivity index (χ3n) is 4.88. The van der Waals surface area contributed by atoms with Crippen LogP contribution in [-0.4, -0.2) is 46.8 Å². The maximum Gasteiger partial charge on any atom is 0.0614 e. The molecule has 3 unspecified atom stereocenters. The molecule has 0 aromatic rings. The molecule has 0 heterocycles. The molecule has 1 fully saturated rings. The van der Waals surface area contributed by atoms with Gasteiger partial charge in [-0.05, 0) is 45.6 Å². The molecule has 1 rings (SSSR count). The molecule has 0 aromatic carbocycles. The standard InChI is InChI=1S/C17H36N2O/c1-6-8-11-19(15(5)7-2)16-9-10-17(12-16,13-20)18-14(3)4/h14-16,18,20H,6-13H2,1-5H3. The Hall–Kier alpha value is -0.120. The molecule has 0 amide bonds. The number of aliphatic hydroxyl groups excluding tert-OH is 1. The van der Waals surface area contributed by atoms with Crippen LogP contribution in [0.15, 0.2) is 0 Å². The Bertz CT molecular complexity index is 270. The first kappa shape index (κ1) is 17.9. The molecule has 1 aliphatic rings. The van der Waals surface area contributed by atoms with E-state index in [0.29, 0.717) is 18.1 Å². The first-order valence-corrected chi connectivity index (χ1v) is 8.62. The number of hydrogen-bond donors (Lipinski definition) is 2. The summed E-state index contributed by atoms with van der Waals surface area (Å²) in [5, 5.41) is 13.5. The lowest BCUT2D eigenvalue weighted by molar-refractivity contribution is 0.112. The van der Waals surface area contributed by atoms with Gasteiger partial charge in [-0.1, -0.05) is 34.1 Å². The predicted octanol–water partition coefficient (Wildman–Crippen LogP) is 3.17. The van der Waals surface area contributed by atoms with Crippen LogP contribution >= 0.6 is 0 Å². The summed E-state index contributed by atoms with van der Waals surface area (Å²) in [5.74, 6) is 0. The highest BCUT2D eigenvalue weighted by Gasteiger charge is 2.41. The summed E-state index contributed by atoms with van der Waals surface area (Å²) >= 11 is 0. The van der Waals surface area contributed by atoms with E-state index in [4.69, 9.17) is 0 Å². The molecular formula is C17H36N2O. The second-order valence-corrected chi connectivity index (χ2v) is 6.98. The van der Waals surface area contributed by atoms with Crippen LogP contribution in [0.2, 0.25) is 0 Å². The lowest BCUT2D eigenvalue weighted by Crippen LogP contribution is -2.51. The molecule has 0 radical (unpaired) electrons. The molecule has 120 valence electrons. The monoisotopic (exact) mass is 284 g/mol. The number of hydrogen-bond acceptors (Lipinski definition) is 3. The van der Waals surface area contributed by atoms with E-state index < -0.39 is 0 Å². The van der Waals surface area contributed by atoms with Gasteiger partial charge >= 0.3 is 0 Å². The Kier molecular flexibility index (Phi) is 7.49. The summed E-state index contributed by atoms with van der Waals surface area (Å²) in [5.41, 5.74) is -0.0449. The summed E-state index contributed by atoms with van der Waals surface area (Å²) in [6.45, 7) is 12.7. The lowest BCUT2D eigenvalue weighted by atomic mass is 9.96. The van der Waals surface area contributed by atoms with E-state index in [2.05, 4.69) is 44.8 Å². The van der Waals surface area contributed by atoms with Crippen molar-refractivity contribution >= 4 is 0 Å². The molecule has 1 saturated carbocycles. The van der Waals surface area contributed by atoms with Crippen molar-refractivity contribution in [3.8, 4) is 0 Å². The third-order valence-corrected chi connectivity index (χ3v) is 4.88. The van der Waals surface area contributed by atoms with Crippen molar-refractivity contribution in [2.75, 3.05) is 13.2 Å². The highest BCUT2D eigenvalue weighted by atomic mass is 16.3. The molecule has 1 aliphatic carbocycles. The van der Waals surface area contributed by atoms with Crippen molar-refractivity contribution < 1.29 is 5.11 Å². The maximum absolute atomic E-state index is 9.86. The second kappa shape index (κ2) is 8.35. The Morgan fingerprint density at radius 3 is 2.50 bits per heavy atom. The first-order valence-electron chi connectivity index (χ1n) is 8.62. The molecule has 3 atom stereocenters. The van der Waals surface area contributed by atoms with Crippen molar-refractivity contribution in [3.63, 3.8) is 0 Å². The predicted molar refractivity (Wildman–Crippen MR) is 87.1 cm³/mol. The Morgan fingerprint density at radius 2 is 2.00 bits per heavy atom. The fourth-order valence-corrected chi connectivity index (χ4v) is 3.65. The molecule has 20 heavy (non-hydrogen) atoms. The topological polar surface area (TPSA) is 35.5 Å². The van der Waals surface area contributed by atoms with Gasteiger partial charge in [0, 0.05) is 23.7 Å². The molecule has 3 nitrogen and oxygen atoms in total. The summed E-state index contributed by atoms with van der Waals surface area (Å²) in [4.78, 5) is 2.70. The van der Waals surface area contributed by atoms with Crippen molar-refractivity contribution in [1.29, 1.82) is 0 Å². The van der Waals surface area contributed by atoms with Gasteiger partial charge in [-0.3, -0.25) is 4.90 Å². The van der Waals surface area contributed by atoms with Crippen LogP contribution in [0, 0.1) is 0 Å². The quantitative estimate of drug-likeness (QED) is 0.682. The van der Waals surface area contributed by atoms with Gasteiger partial charge in [0.1, 0.15) is 0 Å². The zero-order valence-electron chi connectivity index (χ0n) is 14.3. The van der Waals surface area contributed by atoms with Crippen LogP contribution < -0.4 is 5.32 Å². The summed E-state index contributed by atoms with van der Waals surface area (Å²) in [6, 6.07) is 1.73. The fourth-order valence-electron chi connectivity index (χ4n) is 3.65. The SMILES string of the molecule is CCCCN(C(C)CC)C1CCC(CO)(NC(C)C)C1. The van der Waals surface area contributed by atoms with Gasteiger partial charge in [-0.25, -0.2) is 0 Å². The van der Waals surface area contributed by atoms with E-state index in [-0.39, 0.29) is 12.1 Å². The van der Waals surface area contributed by atoms with Crippen molar-refractivity contribution in [2.24, 2.45) is 0 Å². The molecular weight excluding hydrogens is 248 g/mol. The molecule has 2 N–H and O–H groups in total. The van der Waals surface area contributed by atoms with Crippen molar-refractivity contribution in [2.45, 2.75) is 96.8 Å². The molecule has 3 heteroatoms. The van der Waals surface area contributed by atoms with Gasteiger partial charge in [0.15, 0.2) is 0 Å². The third kappa shape index (κ3) is 4.71. The normalized spacial score (nSPS) is 28.5. The van der Waals surface area contributed by atoms with Crippen LogP contribution in [0.4, 0.5) is 0 Å². The van der Waals surface area contributed by atoms with Gasteiger partial charge < -0.3 is 10.4 Å². The highest BCUT2D eigenvalue weighted by molar-refractivity contribution is 5.00. The van der Waals surface area contributed by atoms with E-state index in [1.54, 1.807) is 0 Å². The average molecular weight is 284 g/mol. The van der Waals surface area contributed by atoms with Crippen LogP contribution in [0.25, 0.3) is 0 Å². The number of nitrogens with one attached hydrogen (secondary N) is 1. The number of unbranched alkanes of at least 4 members (excludes halogenated alkanes) is 1. The van der Waals surface area contributed by atoms with E-state index in [1.165, 1.54) is 32.2 Å². The number of nitrogens with zero attached hydrogens (tertiary/aromatic N) is 1. The minimum absolute atomic E-state index is 0.0449. The Labute approximate surface area is 126 Å². The summed E-state index contributed by atoms with van der Waals surface area (Å²) < 4.78 is 0. The largest absolute Gasteiger partial charge is 0.394 e. The zero-order chi connectivity index (χ0) is 15.2. The smallest absolute Gasteiger partial charge is 0.0614 e. The minimum atomic E-state index is -0.0449. The van der Waals surface area contributed by atoms with E-state index in [1.807, 2.05) is 0 Å². The molecule has 0 aromatic heterocycles. The Balaban J connectivity index is 2.69. The van der Waals surface area contributed by atoms with Crippen LogP contribution in [0.5, 0.6) is 0 Å². The highest BCUT2D eigenvalue weighted by Crippen LogP contribution is 2.34. The molecule has 0 aliphatic heterocycles. The van der Waals surface area contributed by atoms with E-state index in [9.17, 15) is 5.11 Å². The molecule has 0 bridgehead atoms. The first-order chi connectivity index (χ1) is 9.48. The van der Waals surface area contributed by atoms with Crippen molar-refractivity contribution in [3.05, 3.63) is 0 Å². The van der Waals surface area contributed by atoms with Gasteiger partial charge in [-0.15, -0.1) is 0 Å². The van der Waals surface area contributed by atoms with E-state index >= 15 is 0 Å². The van der Waals surface area contributed by atoms with Crippen LogP contribution in [0.1, 0.15) is 73.1 Å². The van der Waals surface area contributed by atoms with Crippen molar-refractivity contribution in [1.82, 2.24) is 10.2 Å². The fraction of sp³-hybridized carbons (Fsp3) is 1.00. The number of rotatable bonds is 9. The van der Waals surface area contributed by atoms with E-state index in [0.717, 1.165) is 12.8 Å². The zero-order valence-corrected chi connectivity index (χ0v) is 14.3. The molecule has 0 spiro atoms. The van der Waals surface area contributed by atoms with Crippen LogP contribution in [0.3, 0.4) is 0 Å². The lowest BCUT2D eigenvalue weighted by Gasteiger charge is -2.36.